The first-order valence-corrected chi connectivity index (χ1v) is 8.37. The molecule has 0 fully saturated rings. The summed E-state index contributed by atoms with van der Waals surface area (Å²) < 4.78 is 5.67. The minimum Gasteiger partial charge on any atom is -0.375 e. The molecule has 0 saturated heterocycles. The van der Waals surface area contributed by atoms with Gasteiger partial charge in [0, 0.05) is 23.0 Å². The molecule has 2 N–H and O–H groups in total. The van der Waals surface area contributed by atoms with Crippen molar-refractivity contribution < 1.29 is 9.53 Å². The number of hydrogen-bond donors (Lipinski definition) is 2. The summed E-state index contributed by atoms with van der Waals surface area (Å²) >= 11 is 12.0. The van der Waals surface area contributed by atoms with Gasteiger partial charge in [0.05, 0.1) is 13.2 Å². The Kier molecular flexibility index (Phi) is 6.92. The van der Waals surface area contributed by atoms with Gasteiger partial charge in [0.25, 0.3) is 0 Å². The number of aryl methyl sites for hydroxylation is 1. The fourth-order valence-corrected chi connectivity index (χ4v) is 2.47. The summed E-state index contributed by atoms with van der Waals surface area (Å²) in [5.74, 6) is 0.843. The number of anilines is 2. The lowest BCUT2D eigenvalue weighted by Gasteiger charge is -2.15. The third-order valence-electron chi connectivity index (χ3n) is 3.05. The van der Waals surface area contributed by atoms with E-state index in [-0.39, 0.29) is 17.9 Å². The molecule has 9 heteroatoms. The Morgan fingerprint density at radius 3 is 2.64 bits per heavy atom. The van der Waals surface area contributed by atoms with Crippen LogP contribution in [0.1, 0.15) is 25.2 Å². The first-order valence-electron chi connectivity index (χ1n) is 7.62. The van der Waals surface area contributed by atoms with Gasteiger partial charge in [-0.05, 0) is 31.5 Å². The minimum absolute atomic E-state index is 0.0574. The van der Waals surface area contributed by atoms with Crippen LogP contribution in [0.5, 0.6) is 0 Å². The lowest BCUT2D eigenvalue weighted by molar-refractivity contribution is -0.114. The quantitative estimate of drug-likeness (QED) is 0.760. The Balaban J connectivity index is 1.88. The molecule has 25 heavy (non-hydrogen) atoms. The Hall–Kier alpha value is -1.96. The average Bonchev–Trinajstić information content (AvgIpc) is 2.48. The number of carbonyl (C=O) groups is 1. The van der Waals surface area contributed by atoms with E-state index in [1.807, 2.05) is 13.0 Å². The number of aromatic nitrogens is 3. The summed E-state index contributed by atoms with van der Waals surface area (Å²) in [5.41, 5.74) is 0.863. The molecule has 134 valence electrons. The summed E-state index contributed by atoms with van der Waals surface area (Å²) in [6, 6.07) is 5.22. The van der Waals surface area contributed by atoms with Gasteiger partial charge in [0.1, 0.15) is 5.82 Å². The molecule has 1 aromatic heterocycles. The highest BCUT2D eigenvalue weighted by Crippen LogP contribution is 2.21. The van der Waals surface area contributed by atoms with Crippen LogP contribution in [0.3, 0.4) is 0 Å². The molecule has 1 heterocycles. The number of carbonyl (C=O) groups excluding carboxylic acids is 1. The molecule has 0 spiro atoms. The lowest BCUT2D eigenvalue weighted by atomic mass is 10.2. The summed E-state index contributed by atoms with van der Waals surface area (Å²) in [6.07, 6.45) is 0. The summed E-state index contributed by atoms with van der Waals surface area (Å²) in [5, 5.41) is 6.81. The van der Waals surface area contributed by atoms with Gasteiger partial charge >= 0.3 is 0 Å². The maximum Gasteiger partial charge on any atom is 0.234 e. The van der Waals surface area contributed by atoms with Crippen molar-refractivity contribution in [2.75, 3.05) is 17.2 Å². The molecule has 7 nitrogen and oxygen atoms in total. The highest BCUT2D eigenvalue weighted by Gasteiger charge is 2.09. The number of rotatable bonds is 7. The van der Waals surface area contributed by atoms with Gasteiger partial charge in [-0.15, -0.1) is 0 Å². The zero-order valence-corrected chi connectivity index (χ0v) is 15.6. The third-order valence-corrected chi connectivity index (χ3v) is 3.64. The summed E-state index contributed by atoms with van der Waals surface area (Å²) in [6.45, 7) is 5.83. The van der Waals surface area contributed by atoms with Crippen LogP contribution in [0, 0.1) is 6.92 Å². The fourth-order valence-electron chi connectivity index (χ4n) is 2.01. The average molecular weight is 384 g/mol. The Bertz CT molecular complexity index is 757. The molecule has 0 aliphatic carbocycles. The van der Waals surface area contributed by atoms with E-state index in [0.717, 1.165) is 5.56 Å². The Morgan fingerprint density at radius 2 is 1.96 bits per heavy atom. The maximum absolute atomic E-state index is 11.1. The van der Waals surface area contributed by atoms with Gasteiger partial charge in [-0.2, -0.15) is 15.0 Å². The monoisotopic (exact) mass is 383 g/mol. The number of ether oxygens (including phenoxy) is 1. The van der Waals surface area contributed by atoms with Crippen molar-refractivity contribution >= 4 is 41.0 Å². The van der Waals surface area contributed by atoms with Crippen LogP contribution >= 0.6 is 23.2 Å². The highest BCUT2D eigenvalue weighted by atomic mass is 35.5. The zero-order valence-electron chi connectivity index (χ0n) is 14.1. The van der Waals surface area contributed by atoms with Gasteiger partial charge in [0.2, 0.25) is 17.8 Å². The Morgan fingerprint density at radius 1 is 1.24 bits per heavy atom. The van der Waals surface area contributed by atoms with E-state index < -0.39 is 0 Å². The normalized spacial score (nSPS) is 11.9. The van der Waals surface area contributed by atoms with E-state index in [9.17, 15) is 4.79 Å². The smallest absolute Gasteiger partial charge is 0.234 e. The van der Waals surface area contributed by atoms with Crippen LogP contribution < -0.4 is 10.6 Å². The maximum atomic E-state index is 11.1. The molecular weight excluding hydrogens is 365 g/mol. The number of nitrogens with zero attached hydrogens (tertiary/aromatic N) is 3. The van der Waals surface area contributed by atoms with Gasteiger partial charge in [-0.25, -0.2) is 0 Å². The number of amides is 1. The molecule has 2 aromatic rings. The minimum atomic E-state index is -0.243. The van der Waals surface area contributed by atoms with E-state index in [1.165, 1.54) is 6.92 Å². The van der Waals surface area contributed by atoms with E-state index in [0.29, 0.717) is 35.0 Å². The predicted octanol–water partition coefficient (Wildman–Crippen LogP) is 3.46. The number of halogens is 2. The van der Waals surface area contributed by atoms with Crippen LogP contribution in [0.4, 0.5) is 11.9 Å². The summed E-state index contributed by atoms with van der Waals surface area (Å²) in [4.78, 5) is 23.5. The van der Waals surface area contributed by atoms with Crippen molar-refractivity contribution in [3.8, 4) is 0 Å². The van der Waals surface area contributed by atoms with E-state index in [4.69, 9.17) is 27.9 Å². The van der Waals surface area contributed by atoms with Crippen LogP contribution in [0.25, 0.3) is 0 Å². The molecule has 1 atom stereocenters. The van der Waals surface area contributed by atoms with Gasteiger partial charge in [-0.1, -0.05) is 29.3 Å². The SMILES string of the molecule is CC(=O)Nc1nc(C)nc(NC(C)COCc2ccc(Cl)cc2Cl)n1. The van der Waals surface area contributed by atoms with Crippen LogP contribution in [0.15, 0.2) is 18.2 Å². The second-order valence-electron chi connectivity index (χ2n) is 5.51. The standard InChI is InChI=1S/C16H19Cl2N5O2/c1-9(7-25-8-12-4-5-13(17)6-14(12)18)19-15-20-10(2)21-16(23-15)22-11(3)24/h4-6,9H,7-8H2,1-3H3,(H2,19,20,21,22,23,24). The van der Waals surface area contributed by atoms with Crippen molar-refractivity contribution in [1.29, 1.82) is 0 Å². The Labute approximate surface area is 156 Å². The predicted molar refractivity (Wildman–Crippen MR) is 98.1 cm³/mol. The van der Waals surface area contributed by atoms with Crippen LogP contribution in [-0.2, 0) is 16.1 Å². The molecule has 0 saturated carbocycles. The second-order valence-corrected chi connectivity index (χ2v) is 6.35. The van der Waals surface area contributed by atoms with E-state index in [2.05, 4.69) is 25.6 Å². The van der Waals surface area contributed by atoms with E-state index in [1.54, 1.807) is 19.1 Å². The molecule has 1 aromatic carbocycles. The molecule has 1 amide bonds. The highest BCUT2D eigenvalue weighted by molar-refractivity contribution is 6.35. The molecular formula is C16H19Cl2N5O2. The number of hydrogen-bond acceptors (Lipinski definition) is 6. The molecule has 1 unspecified atom stereocenters. The van der Waals surface area contributed by atoms with Crippen molar-refractivity contribution in [1.82, 2.24) is 15.0 Å². The summed E-state index contributed by atoms with van der Waals surface area (Å²) in [7, 11) is 0. The molecule has 0 radical (unpaired) electrons. The fraction of sp³-hybridized carbons (Fsp3) is 0.375. The van der Waals surface area contributed by atoms with Gasteiger partial charge in [-0.3, -0.25) is 10.1 Å². The van der Waals surface area contributed by atoms with Crippen LogP contribution in [0.2, 0.25) is 10.0 Å². The van der Waals surface area contributed by atoms with E-state index >= 15 is 0 Å². The van der Waals surface area contributed by atoms with Crippen molar-refractivity contribution in [2.45, 2.75) is 33.4 Å². The largest absolute Gasteiger partial charge is 0.375 e. The zero-order chi connectivity index (χ0) is 18.4. The van der Waals surface area contributed by atoms with Gasteiger partial charge in [0.15, 0.2) is 0 Å². The lowest BCUT2D eigenvalue weighted by Crippen LogP contribution is -2.24. The van der Waals surface area contributed by atoms with Gasteiger partial charge < -0.3 is 10.1 Å². The third kappa shape index (κ3) is 6.45. The molecule has 0 bridgehead atoms. The topological polar surface area (TPSA) is 89.0 Å². The number of nitrogens with one attached hydrogen (secondary N) is 2. The number of benzene rings is 1. The first-order chi connectivity index (χ1) is 11.8. The first kappa shape index (κ1) is 19.4. The molecule has 0 aliphatic rings. The van der Waals surface area contributed by atoms with Crippen molar-refractivity contribution in [3.05, 3.63) is 39.6 Å². The van der Waals surface area contributed by atoms with Crippen LogP contribution in [-0.4, -0.2) is 33.5 Å². The molecule has 2 rings (SSSR count). The van der Waals surface area contributed by atoms with Crippen molar-refractivity contribution in [3.63, 3.8) is 0 Å². The molecule has 0 aliphatic heterocycles. The second kappa shape index (κ2) is 8.94. The van der Waals surface area contributed by atoms with Crippen molar-refractivity contribution in [2.24, 2.45) is 0 Å².